The summed E-state index contributed by atoms with van der Waals surface area (Å²) >= 11 is 0. The molecule has 0 radical (unpaired) electrons. The third-order valence-corrected chi connectivity index (χ3v) is 4.74. The molecule has 3 rings (SSSR count). The molecule has 1 aliphatic rings. The van der Waals surface area contributed by atoms with Gasteiger partial charge in [-0.2, -0.15) is 0 Å². The fourth-order valence-electron chi connectivity index (χ4n) is 3.25. The molecule has 1 saturated heterocycles. The molecule has 0 bridgehead atoms. The summed E-state index contributed by atoms with van der Waals surface area (Å²) in [6, 6.07) is 15.5. The molecule has 27 heavy (non-hydrogen) atoms. The van der Waals surface area contributed by atoms with E-state index in [1.165, 1.54) is 5.56 Å². The minimum Gasteiger partial charge on any atom is -0.497 e. The highest BCUT2D eigenvalue weighted by molar-refractivity contribution is 5.95. The number of carbonyl (C=O) groups is 1. The van der Waals surface area contributed by atoms with E-state index in [9.17, 15) is 4.79 Å². The Morgan fingerprint density at radius 1 is 1.07 bits per heavy atom. The van der Waals surface area contributed by atoms with Gasteiger partial charge < -0.3 is 19.5 Å². The Labute approximate surface area is 160 Å². The van der Waals surface area contributed by atoms with Crippen molar-refractivity contribution >= 4 is 5.91 Å². The Balaban J connectivity index is 1.74. The molecule has 1 heterocycles. The summed E-state index contributed by atoms with van der Waals surface area (Å²) < 4.78 is 16.0. The van der Waals surface area contributed by atoms with Crippen molar-refractivity contribution in [3.8, 4) is 11.5 Å². The summed E-state index contributed by atoms with van der Waals surface area (Å²) in [5, 5.41) is 3.06. The summed E-state index contributed by atoms with van der Waals surface area (Å²) in [5.74, 6) is 1.03. The molecule has 1 atom stereocenters. The lowest BCUT2D eigenvalue weighted by atomic mass is 10.0. The molecular formula is C21H26N2O4. The van der Waals surface area contributed by atoms with Crippen LogP contribution in [0.1, 0.15) is 22.0 Å². The van der Waals surface area contributed by atoms with Gasteiger partial charge in [0.2, 0.25) is 0 Å². The summed E-state index contributed by atoms with van der Waals surface area (Å²) in [6.45, 7) is 3.64. The SMILES string of the molecule is COc1cc(OC)cc(C(=O)NCC(c2ccccc2)N2CCOCC2)c1. The molecule has 1 unspecified atom stereocenters. The van der Waals surface area contributed by atoms with Crippen molar-refractivity contribution in [2.45, 2.75) is 6.04 Å². The number of carbonyl (C=O) groups excluding carboxylic acids is 1. The lowest BCUT2D eigenvalue weighted by Crippen LogP contribution is -2.43. The Bertz CT molecular complexity index is 723. The molecule has 1 fully saturated rings. The van der Waals surface area contributed by atoms with E-state index in [4.69, 9.17) is 14.2 Å². The van der Waals surface area contributed by atoms with Crippen molar-refractivity contribution in [2.24, 2.45) is 0 Å². The number of morpholine rings is 1. The molecule has 2 aromatic rings. The number of nitrogens with one attached hydrogen (secondary N) is 1. The van der Waals surface area contributed by atoms with Gasteiger partial charge in [0.05, 0.1) is 33.5 Å². The van der Waals surface area contributed by atoms with Gasteiger partial charge in [0.25, 0.3) is 5.91 Å². The summed E-state index contributed by atoms with van der Waals surface area (Å²) in [7, 11) is 3.14. The lowest BCUT2D eigenvalue weighted by molar-refractivity contribution is 0.0162. The van der Waals surface area contributed by atoms with Crippen molar-refractivity contribution in [2.75, 3.05) is 47.1 Å². The zero-order valence-corrected chi connectivity index (χ0v) is 15.8. The highest BCUT2D eigenvalue weighted by Gasteiger charge is 2.23. The van der Waals surface area contributed by atoms with Crippen LogP contribution in [0, 0.1) is 0 Å². The van der Waals surface area contributed by atoms with Crippen molar-refractivity contribution in [3.63, 3.8) is 0 Å². The number of ether oxygens (including phenoxy) is 3. The number of hydrogen-bond donors (Lipinski definition) is 1. The van der Waals surface area contributed by atoms with Gasteiger partial charge in [-0.25, -0.2) is 0 Å². The predicted octanol–water partition coefficient (Wildman–Crippen LogP) is 2.51. The Kier molecular flexibility index (Phi) is 6.68. The average molecular weight is 370 g/mol. The van der Waals surface area contributed by atoms with Crippen LogP contribution in [-0.2, 0) is 4.74 Å². The molecule has 1 aliphatic heterocycles. The van der Waals surface area contributed by atoms with Gasteiger partial charge in [-0.3, -0.25) is 9.69 Å². The van der Waals surface area contributed by atoms with Gasteiger partial charge >= 0.3 is 0 Å². The number of amides is 1. The Morgan fingerprint density at radius 3 is 2.30 bits per heavy atom. The molecular weight excluding hydrogens is 344 g/mol. The van der Waals surface area contributed by atoms with E-state index < -0.39 is 0 Å². The van der Waals surface area contributed by atoms with Crippen molar-refractivity contribution < 1.29 is 19.0 Å². The largest absolute Gasteiger partial charge is 0.497 e. The second kappa shape index (κ2) is 9.39. The standard InChI is InChI=1S/C21H26N2O4/c1-25-18-12-17(13-19(14-18)26-2)21(24)22-15-20(16-6-4-3-5-7-16)23-8-10-27-11-9-23/h3-7,12-14,20H,8-11,15H2,1-2H3,(H,22,24). The van der Waals surface area contributed by atoms with E-state index in [1.54, 1.807) is 32.4 Å². The molecule has 6 nitrogen and oxygen atoms in total. The fraction of sp³-hybridized carbons (Fsp3) is 0.381. The topological polar surface area (TPSA) is 60.0 Å². The molecule has 0 aliphatic carbocycles. The average Bonchev–Trinajstić information content (AvgIpc) is 2.74. The second-order valence-electron chi connectivity index (χ2n) is 6.39. The third kappa shape index (κ3) is 4.99. The van der Waals surface area contributed by atoms with Gasteiger partial charge in [-0.1, -0.05) is 30.3 Å². The first kappa shape index (κ1) is 19.2. The van der Waals surface area contributed by atoms with E-state index in [0.29, 0.717) is 36.8 Å². The fourth-order valence-corrected chi connectivity index (χ4v) is 3.25. The van der Waals surface area contributed by atoms with Crippen LogP contribution in [0.2, 0.25) is 0 Å². The monoisotopic (exact) mass is 370 g/mol. The number of benzene rings is 2. The predicted molar refractivity (Wildman–Crippen MR) is 103 cm³/mol. The maximum absolute atomic E-state index is 12.7. The molecule has 0 aromatic heterocycles. The first-order valence-corrected chi connectivity index (χ1v) is 9.09. The quantitative estimate of drug-likeness (QED) is 0.812. The summed E-state index contributed by atoms with van der Waals surface area (Å²) in [5.41, 5.74) is 1.70. The smallest absolute Gasteiger partial charge is 0.251 e. The van der Waals surface area contributed by atoms with Crippen molar-refractivity contribution in [1.29, 1.82) is 0 Å². The van der Waals surface area contributed by atoms with Crippen LogP contribution in [0.4, 0.5) is 0 Å². The third-order valence-electron chi connectivity index (χ3n) is 4.74. The molecule has 1 amide bonds. The van der Waals surface area contributed by atoms with E-state index in [-0.39, 0.29) is 11.9 Å². The van der Waals surface area contributed by atoms with Gasteiger partial charge in [0, 0.05) is 31.3 Å². The zero-order chi connectivity index (χ0) is 19.1. The maximum Gasteiger partial charge on any atom is 0.251 e. The van der Waals surface area contributed by atoms with Gasteiger partial charge in [-0.15, -0.1) is 0 Å². The summed E-state index contributed by atoms with van der Waals surface area (Å²) in [6.07, 6.45) is 0. The minimum absolute atomic E-state index is 0.103. The van der Waals surface area contributed by atoms with Crippen molar-refractivity contribution in [3.05, 3.63) is 59.7 Å². The van der Waals surface area contributed by atoms with Crippen LogP contribution in [0.25, 0.3) is 0 Å². The Hall–Kier alpha value is -2.57. The van der Waals surface area contributed by atoms with Crippen LogP contribution in [0.3, 0.4) is 0 Å². The number of hydrogen-bond acceptors (Lipinski definition) is 5. The number of rotatable bonds is 7. The second-order valence-corrected chi connectivity index (χ2v) is 6.39. The van der Waals surface area contributed by atoms with E-state index in [2.05, 4.69) is 22.3 Å². The van der Waals surface area contributed by atoms with E-state index in [1.807, 2.05) is 18.2 Å². The summed E-state index contributed by atoms with van der Waals surface area (Å²) in [4.78, 5) is 15.1. The first-order valence-electron chi connectivity index (χ1n) is 9.09. The van der Waals surface area contributed by atoms with Gasteiger partial charge in [0.1, 0.15) is 11.5 Å². The highest BCUT2D eigenvalue weighted by atomic mass is 16.5. The molecule has 144 valence electrons. The van der Waals surface area contributed by atoms with Crippen LogP contribution < -0.4 is 14.8 Å². The maximum atomic E-state index is 12.7. The van der Waals surface area contributed by atoms with Crippen LogP contribution in [0.15, 0.2) is 48.5 Å². The number of nitrogens with zero attached hydrogens (tertiary/aromatic N) is 1. The van der Waals surface area contributed by atoms with Crippen LogP contribution >= 0.6 is 0 Å². The minimum atomic E-state index is -0.151. The number of methoxy groups -OCH3 is 2. The lowest BCUT2D eigenvalue weighted by Gasteiger charge is -2.35. The van der Waals surface area contributed by atoms with E-state index in [0.717, 1.165) is 13.1 Å². The van der Waals surface area contributed by atoms with Crippen molar-refractivity contribution in [1.82, 2.24) is 10.2 Å². The molecule has 2 aromatic carbocycles. The molecule has 6 heteroatoms. The van der Waals surface area contributed by atoms with Crippen LogP contribution in [0.5, 0.6) is 11.5 Å². The van der Waals surface area contributed by atoms with E-state index >= 15 is 0 Å². The van der Waals surface area contributed by atoms with Crippen LogP contribution in [-0.4, -0.2) is 57.9 Å². The molecule has 0 saturated carbocycles. The Morgan fingerprint density at radius 2 is 1.70 bits per heavy atom. The van der Waals surface area contributed by atoms with Gasteiger partial charge in [0.15, 0.2) is 0 Å². The highest BCUT2D eigenvalue weighted by Crippen LogP contribution is 2.24. The normalized spacial score (nSPS) is 15.8. The van der Waals surface area contributed by atoms with Gasteiger partial charge in [-0.05, 0) is 17.7 Å². The molecule has 0 spiro atoms. The zero-order valence-electron chi connectivity index (χ0n) is 15.8. The first-order chi connectivity index (χ1) is 13.2. The molecule has 1 N–H and O–H groups in total.